The van der Waals surface area contributed by atoms with E-state index in [2.05, 4.69) is 10.4 Å². The van der Waals surface area contributed by atoms with Gasteiger partial charge < -0.3 is 14.8 Å². The maximum absolute atomic E-state index is 13.8. The number of hydrazone groups is 1. The van der Waals surface area contributed by atoms with Crippen molar-refractivity contribution < 1.29 is 28.2 Å². The quantitative estimate of drug-likeness (QED) is 0.328. The van der Waals surface area contributed by atoms with E-state index in [1.165, 1.54) is 30.5 Å². The van der Waals surface area contributed by atoms with E-state index in [-0.39, 0.29) is 64.3 Å². The lowest BCUT2D eigenvalue weighted by atomic mass is 9.85. The monoisotopic (exact) mass is 511 g/mol. The number of rotatable bonds is 8. The second kappa shape index (κ2) is 9.73. The minimum Gasteiger partial charge on any atom is -0.490 e. The molecule has 36 heavy (non-hydrogen) atoms. The molecular weight excluding hydrogens is 489 g/mol. The van der Waals surface area contributed by atoms with E-state index in [0.29, 0.717) is 5.56 Å². The van der Waals surface area contributed by atoms with Crippen molar-refractivity contribution in [2.24, 2.45) is 28.8 Å². The topological polar surface area (TPSA) is 97.3 Å². The molecule has 8 nitrogen and oxygen atoms in total. The number of imide groups is 1. The van der Waals surface area contributed by atoms with Gasteiger partial charge in [-0.2, -0.15) is 10.1 Å². The molecule has 2 aromatic carbocycles. The number of halogens is 2. The highest BCUT2D eigenvalue weighted by Crippen LogP contribution is 2.52. The largest absolute Gasteiger partial charge is 0.490 e. The van der Waals surface area contributed by atoms with Crippen LogP contribution in [0.15, 0.2) is 53.7 Å². The number of carbonyl (C=O) groups excluding carboxylic acids is 3. The van der Waals surface area contributed by atoms with Crippen LogP contribution in [0.4, 0.5) is 10.1 Å². The van der Waals surface area contributed by atoms with Gasteiger partial charge in [-0.15, -0.1) is 0 Å². The Morgan fingerprint density at radius 3 is 2.53 bits per heavy atom. The zero-order chi connectivity index (χ0) is 25.4. The van der Waals surface area contributed by atoms with Gasteiger partial charge in [0.2, 0.25) is 0 Å². The van der Waals surface area contributed by atoms with E-state index in [1.807, 2.05) is 12.2 Å². The van der Waals surface area contributed by atoms with E-state index in [4.69, 9.17) is 21.1 Å². The normalized spacial score (nSPS) is 24.0. The number of anilines is 1. The summed E-state index contributed by atoms with van der Waals surface area (Å²) in [5.41, 5.74) is 0.512. The molecule has 2 bridgehead atoms. The molecule has 2 fully saturated rings. The van der Waals surface area contributed by atoms with Crippen molar-refractivity contribution in [3.63, 3.8) is 0 Å². The lowest BCUT2D eigenvalue weighted by Crippen LogP contribution is -2.28. The summed E-state index contributed by atoms with van der Waals surface area (Å²) in [7, 11) is 0. The average molecular weight is 512 g/mol. The number of nitrogens with one attached hydrogen (secondary N) is 1. The Morgan fingerprint density at radius 1 is 1.17 bits per heavy atom. The van der Waals surface area contributed by atoms with Crippen LogP contribution in [-0.4, -0.2) is 42.2 Å². The molecular formula is C26H23ClFN3O5. The highest BCUT2D eigenvalue weighted by molar-refractivity contribution is 6.32. The SMILES string of the molecule is CCOc1cc(C=NN2C(=O)[C@@H]3[C@H](C2=O)[C@H]2C=C[C@H]3C2)cc(Cl)c1OCC(=O)Nc1ccccc1F. The summed E-state index contributed by atoms with van der Waals surface area (Å²) >= 11 is 6.40. The Bertz CT molecular complexity index is 1270. The summed E-state index contributed by atoms with van der Waals surface area (Å²) in [4.78, 5) is 37.9. The van der Waals surface area contributed by atoms with Crippen molar-refractivity contribution in [2.45, 2.75) is 13.3 Å². The van der Waals surface area contributed by atoms with Crippen LogP contribution in [-0.2, 0) is 14.4 Å². The first kappa shape index (κ1) is 24.0. The van der Waals surface area contributed by atoms with Crippen molar-refractivity contribution in [3.05, 3.63) is 65.0 Å². The molecule has 1 N–H and O–H groups in total. The fourth-order valence-corrected chi connectivity index (χ4v) is 5.35. The first-order valence-electron chi connectivity index (χ1n) is 11.6. The molecule has 4 atom stereocenters. The fourth-order valence-electron chi connectivity index (χ4n) is 5.08. The molecule has 0 spiro atoms. The van der Waals surface area contributed by atoms with Crippen molar-refractivity contribution >= 4 is 41.2 Å². The predicted molar refractivity (Wildman–Crippen MR) is 130 cm³/mol. The number of nitrogens with zero attached hydrogens (tertiary/aromatic N) is 2. The first-order chi connectivity index (χ1) is 17.4. The van der Waals surface area contributed by atoms with Gasteiger partial charge in [-0.05, 0) is 55.0 Å². The summed E-state index contributed by atoms with van der Waals surface area (Å²) in [6.45, 7) is 1.63. The standard InChI is InChI=1S/C26H23ClFN3O5/c1-2-35-20-10-14(12-29-31-25(33)22-15-7-8-16(11-15)23(22)26(31)34)9-17(27)24(20)36-13-21(32)30-19-6-4-3-5-18(19)28/h3-10,12,15-16,22-23H,2,11,13H2,1H3,(H,30,32)/t15-,16-,22-,23+/m0/s1. The summed E-state index contributed by atoms with van der Waals surface area (Å²) in [5, 5.41) is 7.68. The zero-order valence-corrected chi connectivity index (χ0v) is 20.1. The third-order valence-electron chi connectivity index (χ3n) is 6.60. The number of benzene rings is 2. The van der Waals surface area contributed by atoms with Crippen LogP contribution >= 0.6 is 11.6 Å². The van der Waals surface area contributed by atoms with Gasteiger partial charge in [-0.25, -0.2) is 4.39 Å². The lowest BCUT2D eigenvalue weighted by Gasteiger charge is -2.15. The van der Waals surface area contributed by atoms with Crippen LogP contribution < -0.4 is 14.8 Å². The predicted octanol–water partition coefficient (Wildman–Crippen LogP) is 4.04. The van der Waals surface area contributed by atoms with E-state index >= 15 is 0 Å². The number of allylic oxidation sites excluding steroid dienone is 2. The summed E-state index contributed by atoms with van der Waals surface area (Å²) in [5.74, 6) is -1.80. The summed E-state index contributed by atoms with van der Waals surface area (Å²) in [6.07, 6.45) is 6.26. The third-order valence-corrected chi connectivity index (χ3v) is 6.88. The van der Waals surface area contributed by atoms with Crippen LogP contribution in [0, 0.1) is 29.5 Å². The summed E-state index contributed by atoms with van der Waals surface area (Å²) < 4.78 is 25.0. The van der Waals surface area contributed by atoms with Gasteiger partial charge >= 0.3 is 0 Å². The van der Waals surface area contributed by atoms with Gasteiger partial charge in [0.15, 0.2) is 18.1 Å². The van der Waals surface area contributed by atoms with Crippen LogP contribution in [0.3, 0.4) is 0 Å². The number of amides is 3. The molecule has 10 heteroatoms. The van der Waals surface area contributed by atoms with E-state index in [9.17, 15) is 18.8 Å². The Hall–Kier alpha value is -3.72. The van der Waals surface area contributed by atoms with E-state index in [1.54, 1.807) is 19.1 Å². The minimum atomic E-state index is -0.579. The molecule has 3 aliphatic rings. The minimum absolute atomic E-state index is 0.0349. The van der Waals surface area contributed by atoms with Crippen LogP contribution in [0.5, 0.6) is 11.5 Å². The van der Waals surface area contributed by atoms with Gasteiger partial charge in [0, 0.05) is 0 Å². The fraction of sp³-hybridized carbons (Fsp3) is 0.308. The molecule has 1 heterocycles. The number of ether oxygens (including phenoxy) is 2. The van der Waals surface area contributed by atoms with Crippen molar-refractivity contribution in [1.29, 1.82) is 0 Å². The number of fused-ring (bicyclic) bond motifs is 5. The highest BCUT2D eigenvalue weighted by Gasteiger charge is 2.59. The Labute approximate surface area is 211 Å². The van der Waals surface area contributed by atoms with E-state index < -0.39 is 18.3 Å². The lowest BCUT2D eigenvalue weighted by molar-refractivity contribution is -0.140. The molecule has 0 aromatic heterocycles. The molecule has 2 aliphatic carbocycles. The molecule has 5 rings (SSSR count). The maximum atomic E-state index is 13.8. The molecule has 1 aliphatic heterocycles. The smallest absolute Gasteiger partial charge is 0.262 e. The van der Waals surface area contributed by atoms with Crippen LogP contribution in [0.2, 0.25) is 5.02 Å². The molecule has 1 saturated heterocycles. The van der Waals surface area contributed by atoms with Gasteiger partial charge in [0.1, 0.15) is 5.82 Å². The number of hydrogen-bond donors (Lipinski definition) is 1. The van der Waals surface area contributed by atoms with Gasteiger partial charge in [-0.3, -0.25) is 14.4 Å². The average Bonchev–Trinajstić information content (AvgIpc) is 3.53. The van der Waals surface area contributed by atoms with Crippen molar-refractivity contribution in [1.82, 2.24) is 5.01 Å². The maximum Gasteiger partial charge on any atom is 0.262 e. The second-order valence-electron chi connectivity index (χ2n) is 8.81. The molecule has 186 valence electrons. The third kappa shape index (κ3) is 4.35. The summed E-state index contributed by atoms with van der Waals surface area (Å²) in [6, 6.07) is 8.89. The van der Waals surface area contributed by atoms with E-state index in [0.717, 1.165) is 11.4 Å². The molecule has 1 saturated carbocycles. The molecule has 0 radical (unpaired) electrons. The molecule has 2 aromatic rings. The van der Waals surface area contributed by atoms with Crippen LogP contribution in [0.25, 0.3) is 0 Å². The van der Waals surface area contributed by atoms with Crippen LogP contribution in [0.1, 0.15) is 18.9 Å². The molecule has 3 amide bonds. The zero-order valence-electron chi connectivity index (χ0n) is 19.3. The van der Waals surface area contributed by atoms with Crippen molar-refractivity contribution in [3.8, 4) is 11.5 Å². The Morgan fingerprint density at radius 2 is 1.86 bits per heavy atom. The Kier molecular flexibility index (Phi) is 6.49. The highest BCUT2D eigenvalue weighted by atomic mass is 35.5. The second-order valence-corrected chi connectivity index (χ2v) is 9.22. The first-order valence-corrected chi connectivity index (χ1v) is 12.0. The Balaban J connectivity index is 1.29. The number of para-hydroxylation sites is 1. The van der Waals surface area contributed by atoms with Gasteiger partial charge in [0.05, 0.1) is 35.4 Å². The van der Waals surface area contributed by atoms with Gasteiger partial charge in [-0.1, -0.05) is 35.9 Å². The number of hydrogen-bond acceptors (Lipinski definition) is 6. The van der Waals surface area contributed by atoms with Gasteiger partial charge in [0.25, 0.3) is 17.7 Å². The molecule has 0 unspecified atom stereocenters. The number of carbonyl (C=O) groups is 3. The van der Waals surface area contributed by atoms with Crippen molar-refractivity contribution in [2.75, 3.05) is 18.5 Å².